The average molecular weight is 420 g/mol. The standard InChI is InChI=1S/C21H33N5O2S/c1-4-5-18-12-19(27)26-20(22-18)29-21(23-26)25-10-7-17(8-11-25)6-9-24-13-15(2)28-16(3)14-24/h12,15-17H,4-11,13-14H2,1-3H3. The van der Waals surface area contributed by atoms with E-state index in [1.807, 2.05) is 0 Å². The van der Waals surface area contributed by atoms with Crippen molar-refractivity contribution in [2.24, 2.45) is 5.92 Å². The molecule has 0 N–H and O–H groups in total. The van der Waals surface area contributed by atoms with Crippen LogP contribution in [-0.4, -0.2) is 64.4 Å². The second kappa shape index (κ2) is 9.10. The Kier molecular flexibility index (Phi) is 6.51. The van der Waals surface area contributed by atoms with Crippen molar-refractivity contribution in [3.63, 3.8) is 0 Å². The van der Waals surface area contributed by atoms with E-state index in [1.54, 1.807) is 17.4 Å². The summed E-state index contributed by atoms with van der Waals surface area (Å²) in [6, 6.07) is 1.62. The molecule has 0 spiro atoms. The fourth-order valence-electron chi connectivity index (χ4n) is 4.60. The Bertz CT molecular complexity index is 864. The minimum absolute atomic E-state index is 0.0650. The van der Waals surface area contributed by atoms with Crippen LogP contribution >= 0.6 is 11.3 Å². The van der Waals surface area contributed by atoms with Gasteiger partial charge in [0.2, 0.25) is 10.1 Å². The summed E-state index contributed by atoms with van der Waals surface area (Å²) in [6.45, 7) is 11.7. The highest BCUT2D eigenvalue weighted by Gasteiger charge is 2.25. The summed E-state index contributed by atoms with van der Waals surface area (Å²) in [5.41, 5.74) is 0.808. The lowest BCUT2D eigenvalue weighted by Gasteiger charge is -2.37. The molecule has 2 atom stereocenters. The van der Waals surface area contributed by atoms with Crippen molar-refractivity contribution >= 4 is 21.4 Å². The zero-order chi connectivity index (χ0) is 20.4. The van der Waals surface area contributed by atoms with Gasteiger partial charge >= 0.3 is 0 Å². The third kappa shape index (κ3) is 4.98. The first-order chi connectivity index (χ1) is 14.0. The normalized spacial score (nSPS) is 24.4. The van der Waals surface area contributed by atoms with Crippen molar-refractivity contribution in [3.8, 4) is 0 Å². The van der Waals surface area contributed by atoms with Crippen LogP contribution in [-0.2, 0) is 11.2 Å². The molecule has 0 radical (unpaired) electrons. The Hall–Kier alpha value is -1.51. The maximum Gasteiger partial charge on any atom is 0.275 e. The molecule has 2 aliphatic rings. The molecule has 29 heavy (non-hydrogen) atoms. The molecule has 0 bridgehead atoms. The van der Waals surface area contributed by atoms with Gasteiger partial charge in [-0.3, -0.25) is 9.69 Å². The van der Waals surface area contributed by atoms with Gasteiger partial charge in [0.05, 0.1) is 12.2 Å². The first-order valence-electron chi connectivity index (χ1n) is 11.0. The van der Waals surface area contributed by atoms with Gasteiger partial charge in [-0.15, -0.1) is 5.10 Å². The van der Waals surface area contributed by atoms with Gasteiger partial charge in [0.25, 0.3) is 5.56 Å². The summed E-state index contributed by atoms with van der Waals surface area (Å²) in [5.74, 6) is 0.770. The molecule has 2 aromatic heterocycles. The molecule has 2 fully saturated rings. The summed E-state index contributed by atoms with van der Waals surface area (Å²) in [5, 5.41) is 5.49. The zero-order valence-corrected chi connectivity index (χ0v) is 18.7. The molecule has 160 valence electrons. The molecular weight excluding hydrogens is 386 g/mol. The zero-order valence-electron chi connectivity index (χ0n) is 17.8. The summed E-state index contributed by atoms with van der Waals surface area (Å²) < 4.78 is 7.31. The average Bonchev–Trinajstić information content (AvgIpc) is 3.11. The van der Waals surface area contributed by atoms with E-state index in [1.165, 1.54) is 30.3 Å². The number of anilines is 1. The third-order valence-corrected chi connectivity index (χ3v) is 7.00. The van der Waals surface area contributed by atoms with E-state index in [0.29, 0.717) is 17.2 Å². The van der Waals surface area contributed by atoms with E-state index in [-0.39, 0.29) is 5.56 Å². The topological polar surface area (TPSA) is 63.0 Å². The van der Waals surface area contributed by atoms with Crippen LogP contribution in [0.25, 0.3) is 4.96 Å². The minimum atomic E-state index is -0.0650. The van der Waals surface area contributed by atoms with Gasteiger partial charge in [-0.25, -0.2) is 4.98 Å². The van der Waals surface area contributed by atoms with Gasteiger partial charge in [-0.05, 0) is 52.0 Å². The van der Waals surface area contributed by atoms with E-state index < -0.39 is 0 Å². The molecule has 4 heterocycles. The van der Waals surface area contributed by atoms with Crippen molar-refractivity contribution in [1.82, 2.24) is 19.5 Å². The number of aryl methyl sites for hydroxylation is 1. The quantitative estimate of drug-likeness (QED) is 0.717. The molecule has 7 nitrogen and oxygen atoms in total. The van der Waals surface area contributed by atoms with Gasteiger partial charge in [0.1, 0.15) is 0 Å². The second-order valence-electron chi connectivity index (χ2n) is 8.65. The van der Waals surface area contributed by atoms with E-state index in [4.69, 9.17) is 4.74 Å². The van der Waals surface area contributed by atoms with Gasteiger partial charge in [0, 0.05) is 37.9 Å². The van der Waals surface area contributed by atoms with E-state index >= 15 is 0 Å². The predicted molar refractivity (Wildman–Crippen MR) is 117 cm³/mol. The third-order valence-electron chi connectivity index (χ3n) is 6.03. The highest BCUT2D eigenvalue weighted by molar-refractivity contribution is 7.20. The van der Waals surface area contributed by atoms with Gasteiger partial charge in [-0.1, -0.05) is 24.7 Å². The Labute approximate surface area is 176 Å². The number of morpholine rings is 1. The number of hydrogen-bond donors (Lipinski definition) is 0. The fourth-order valence-corrected chi connectivity index (χ4v) is 5.58. The molecule has 2 aliphatic heterocycles. The maximum absolute atomic E-state index is 12.3. The van der Waals surface area contributed by atoms with Crippen molar-refractivity contribution in [2.75, 3.05) is 37.6 Å². The maximum atomic E-state index is 12.3. The second-order valence-corrected chi connectivity index (χ2v) is 9.59. The van der Waals surface area contributed by atoms with Gasteiger partial charge in [-0.2, -0.15) is 4.52 Å². The van der Waals surface area contributed by atoms with Crippen LogP contribution < -0.4 is 10.5 Å². The van der Waals surface area contributed by atoms with E-state index in [2.05, 4.69) is 40.7 Å². The first kappa shape index (κ1) is 20.8. The molecule has 2 saturated heterocycles. The molecule has 0 amide bonds. The lowest BCUT2D eigenvalue weighted by atomic mass is 9.93. The predicted octanol–water partition coefficient (Wildman–Crippen LogP) is 2.82. The Morgan fingerprint density at radius 1 is 1.21 bits per heavy atom. The van der Waals surface area contributed by atoms with Gasteiger partial charge < -0.3 is 9.64 Å². The fraction of sp³-hybridized carbons (Fsp3) is 0.762. The molecule has 0 aromatic carbocycles. The van der Waals surface area contributed by atoms with Crippen LogP contribution in [0.1, 0.15) is 52.1 Å². The highest BCUT2D eigenvalue weighted by atomic mass is 32.1. The molecule has 0 saturated carbocycles. The van der Waals surface area contributed by atoms with Crippen molar-refractivity contribution in [3.05, 3.63) is 22.1 Å². The monoisotopic (exact) mass is 419 g/mol. The number of ether oxygens (including phenoxy) is 1. The number of aromatic nitrogens is 3. The lowest BCUT2D eigenvalue weighted by Crippen LogP contribution is -2.46. The summed E-state index contributed by atoms with van der Waals surface area (Å²) in [7, 11) is 0. The number of fused-ring (bicyclic) bond motifs is 1. The summed E-state index contributed by atoms with van der Waals surface area (Å²) in [6.07, 6.45) is 6.15. The summed E-state index contributed by atoms with van der Waals surface area (Å²) >= 11 is 1.54. The molecule has 8 heteroatoms. The number of nitrogens with zero attached hydrogens (tertiary/aromatic N) is 5. The van der Waals surface area contributed by atoms with E-state index in [9.17, 15) is 4.79 Å². The largest absolute Gasteiger partial charge is 0.373 e. The van der Waals surface area contributed by atoms with Crippen LogP contribution in [0.2, 0.25) is 0 Å². The Morgan fingerprint density at radius 2 is 1.93 bits per heavy atom. The Morgan fingerprint density at radius 3 is 2.62 bits per heavy atom. The molecule has 2 aromatic rings. The highest BCUT2D eigenvalue weighted by Crippen LogP contribution is 2.28. The van der Waals surface area contributed by atoms with Gasteiger partial charge in [0.15, 0.2) is 0 Å². The van der Waals surface area contributed by atoms with Crippen LogP contribution in [0.4, 0.5) is 5.13 Å². The van der Waals surface area contributed by atoms with Crippen LogP contribution in [0.3, 0.4) is 0 Å². The lowest BCUT2D eigenvalue weighted by molar-refractivity contribution is -0.0690. The first-order valence-corrected chi connectivity index (χ1v) is 11.9. The number of piperidine rings is 1. The van der Waals surface area contributed by atoms with Crippen LogP contribution in [0, 0.1) is 5.92 Å². The summed E-state index contributed by atoms with van der Waals surface area (Å²) in [4.78, 5) is 22.6. The SMILES string of the molecule is CCCc1cc(=O)n2nc(N3CCC(CCN4CC(C)OC(C)C4)CC3)sc2n1. The molecule has 4 rings (SSSR count). The smallest absolute Gasteiger partial charge is 0.275 e. The van der Waals surface area contributed by atoms with Crippen molar-refractivity contribution < 1.29 is 4.74 Å². The van der Waals surface area contributed by atoms with E-state index in [0.717, 1.165) is 55.8 Å². The molecular formula is C21H33N5O2S. The van der Waals surface area contributed by atoms with Crippen LogP contribution in [0.5, 0.6) is 0 Å². The number of rotatable bonds is 6. The number of hydrogen-bond acceptors (Lipinski definition) is 7. The molecule has 2 unspecified atom stereocenters. The Balaban J connectivity index is 1.32. The van der Waals surface area contributed by atoms with Crippen molar-refractivity contribution in [2.45, 2.75) is 65.1 Å². The molecule has 0 aliphatic carbocycles. The van der Waals surface area contributed by atoms with Crippen LogP contribution in [0.15, 0.2) is 10.9 Å². The van der Waals surface area contributed by atoms with Crippen molar-refractivity contribution in [1.29, 1.82) is 0 Å². The minimum Gasteiger partial charge on any atom is -0.373 e.